The molecule has 1 atom stereocenters. The predicted molar refractivity (Wildman–Crippen MR) is 58.5 cm³/mol. The van der Waals surface area contributed by atoms with Gasteiger partial charge in [0.1, 0.15) is 0 Å². The van der Waals surface area contributed by atoms with Crippen LogP contribution in [0.15, 0.2) is 0 Å². The van der Waals surface area contributed by atoms with Crippen molar-refractivity contribution in [3.63, 3.8) is 0 Å². The second-order valence-electron chi connectivity index (χ2n) is 4.60. The van der Waals surface area contributed by atoms with Crippen molar-refractivity contribution in [2.75, 3.05) is 26.7 Å². The van der Waals surface area contributed by atoms with Crippen LogP contribution in [0.5, 0.6) is 0 Å². The van der Waals surface area contributed by atoms with Crippen LogP contribution in [-0.4, -0.2) is 43.7 Å². The van der Waals surface area contributed by atoms with E-state index in [1.165, 1.54) is 4.90 Å². The first-order valence-electron chi connectivity index (χ1n) is 5.90. The Kier molecular flexibility index (Phi) is 5.24. The third-order valence-electron chi connectivity index (χ3n) is 2.98. The van der Waals surface area contributed by atoms with Gasteiger partial charge in [-0.1, -0.05) is 0 Å². The number of carbonyl (C=O) groups excluding carboxylic acids is 1. The minimum absolute atomic E-state index is 0.364. The number of hydrogen-bond donors (Lipinski definition) is 1. The van der Waals surface area contributed by atoms with E-state index in [1.807, 2.05) is 0 Å². The molecule has 17 heavy (non-hydrogen) atoms. The van der Waals surface area contributed by atoms with Gasteiger partial charge >= 0.3 is 6.18 Å². The maximum Gasteiger partial charge on any atom is 0.389 e. The molecule has 1 saturated heterocycles. The summed E-state index contributed by atoms with van der Waals surface area (Å²) in [5.41, 5.74) is 0. The lowest BCUT2D eigenvalue weighted by molar-refractivity contribution is -0.148. The third-order valence-corrected chi connectivity index (χ3v) is 2.98. The molecule has 1 rings (SSSR count). The maximum atomic E-state index is 12.0. The third kappa shape index (κ3) is 5.91. The summed E-state index contributed by atoms with van der Waals surface area (Å²) >= 11 is 0. The van der Waals surface area contributed by atoms with Crippen LogP contribution in [0, 0.1) is 5.92 Å². The number of piperidine rings is 1. The Morgan fingerprint density at radius 2 is 2.18 bits per heavy atom. The number of hydrogen-bond acceptors (Lipinski definition) is 2. The lowest BCUT2D eigenvalue weighted by Crippen LogP contribution is -2.39. The molecule has 1 amide bonds. The Balaban J connectivity index is 2.26. The van der Waals surface area contributed by atoms with Crippen molar-refractivity contribution in [2.24, 2.45) is 5.92 Å². The standard InChI is InChI=1S/C11H19F3N2O/c1-16(8-9-3-2-6-15-7-9)10(17)4-5-11(12,13)14/h9,15H,2-8H2,1H3. The highest BCUT2D eigenvalue weighted by molar-refractivity contribution is 5.75. The van der Waals surface area contributed by atoms with Crippen molar-refractivity contribution >= 4 is 5.91 Å². The van der Waals surface area contributed by atoms with Gasteiger partial charge in [-0.05, 0) is 31.8 Å². The lowest BCUT2D eigenvalue weighted by Gasteiger charge is -2.27. The van der Waals surface area contributed by atoms with Crippen LogP contribution >= 0.6 is 0 Å². The fourth-order valence-corrected chi connectivity index (χ4v) is 2.01. The molecule has 0 spiro atoms. The van der Waals surface area contributed by atoms with Gasteiger partial charge in [-0.2, -0.15) is 13.2 Å². The summed E-state index contributed by atoms with van der Waals surface area (Å²) < 4.78 is 35.9. The molecule has 100 valence electrons. The second-order valence-corrected chi connectivity index (χ2v) is 4.60. The van der Waals surface area contributed by atoms with Crippen molar-refractivity contribution in [3.05, 3.63) is 0 Å². The number of rotatable bonds is 4. The smallest absolute Gasteiger partial charge is 0.345 e. The Labute approximate surface area is 99.4 Å². The number of carbonyl (C=O) groups is 1. The van der Waals surface area contributed by atoms with Crippen LogP contribution in [-0.2, 0) is 4.79 Å². The number of alkyl halides is 3. The number of halogens is 3. The molecule has 0 aromatic carbocycles. The van der Waals surface area contributed by atoms with E-state index >= 15 is 0 Å². The minimum Gasteiger partial charge on any atom is -0.345 e. The first kappa shape index (κ1) is 14.3. The van der Waals surface area contributed by atoms with Crippen LogP contribution in [0.1, 0.15) is 25.7 Å². The van der Waals surface area contributed by atoms with E-state index in [0.29, 0.717) is 12.5 Å². The average Bonchev–Trinajstić information content (AvgIpc) is 2.26. The number of nitrogens with zero attached hydrogens (tertiary/aromatic N) is 1. The van der Waals surface area contributed by atoms with Crippen LogP contribution in [0.4, 0.5) is 13.2 Å². The molecule has 3 nitrogen and oxygen atoms in total. The maximum absolute atomic E-state index is 12.0. The van der Waals surface area contributed by atoms with Crippen molar-refractivity contribution in [3.8, 4) is 0 Å². The van der Waals surface area contributed by atoms with Crippen molar-refractivity contribution in [2.45, 2.75) is 31.9 Å². The molecule has 0 aromatic heterocycles. The summed E-state index contributed by atoms with van der Waals surface area (Å²) in [6.07, 6.45) is -3.62. The summed E-state index contributed by atoms with van der Waals surface area (Å²) in [5.74, 6) is -0.0588. The Bertz CT molecular complexity index is 250. The summed E-state index contributed by atoms with van der Waals surface area (Å²) in [5, 5.41) is 3.22. The van der Waals surface area contributed by atoms with Gasteiger partial charge in [0.25, 0.3) is 0 Å². The fraction of sp³-hybridized carbons (Fsp3) is 0.909. The highest BCUT2D eigenvalue weighted by Gasteiger charge is 2.29. The van der Waals surface area contributed by atoms with Gasteiger partial charge in [-0.3, -0.25) is 4.79 Å². The van der Waals surface area contributed by atoms with E-state index in [2.05, 4.69) is 5.32 Å². The normalized spacial score (nSPS) is 21.3. The van der Waals surface area contributed by atoms with Crippen LogP contribution in [0.3, 0.4) is 0 Å². The molecular weight excluding hydrogens is 233 g/mol. The van der Waals surface area contributed by atoms with Crippen molar-refractivity contribution in [1.29, 1.82) is 0 Å². The zero-order chi connectivity index (χ0) is 12.9. The van der Waals surface area contributed by atoms with E-state index in [4.69, 9.17) is 0 Å². The Morgan fingerprint density at radius 3 is 2.71 bits per heavy atom. The lowest BCUT2D eigenvalue weighted by atomic mass is 9.99. The van der Waals surface area contributed by atoms with Gasteiger partial charge in [0.05, 0.1) is 6.42 Å². The molecule has 1 aliphatic heterocycles. The molecule has 6 heteroatoms. The zero-order valence-electron chi connectivity index (χ0n) is 10.0. The van der Waals surface area contributed by atoms with Gasteiger partial charge in [0.15, 0.2) is 0 Å². The van der Waals surface area contributed by atoms with Gasteiger partial charge in [-0.15, -0.1) is 0 Å². The molecule has 0 aromatic rings. The molecule has 1 aliphatic rings. The molecule has 0 aliphatic carbocycles. The van der Waals surface area contributed by atoms with E-state index in [0.717, 1.165) is 25.9 Å². The molecule has 0 radical (unpaired) electrons. The zero-order valence-corrected chi connectivity index (χ0v) is 10.0. The molecule has 0 bridgehead atoms. The number of nitrogens with one attached hydrogen (secondary N) is 1. The SMILES string of the molecule is CN(CC1CCCNC1)C(=O)CCC(F)(F)F. The monoisotopic (exact) mass is 252 g/mol. The Morgan fingerprint density at radius 1 is 1.47 bits per heavy atom. The molecular formula is C11H19F3N2O. The van der Waals surface area contributed by atoms with Gasteiger partial charge in [0.2, 0.25) is 5.91 Å². The van der Waals surface area contributed by atoms with Crippen molar-refractivity contribution < 1.29 is 18.0 Å². The second kappa shape index (κ2) is 6.23. The van der Waals surface area contributed by atoms with E-state index in [1.54, 1.807) is 7.05 Å². The molecule has 1 unspecified atom stereocenters. The first-order valence-corrected chi connectivity index (χ1v) is 5.90. The predicted octanol–water partition coefficient (Wildman–Crippen LogP) is 1.79. The van der Waals surface area contributed by atoms with Crippen LogP contribution in [0.2, 0.25) is 0 Å². The average molecular weight is 252 g/mol. The summed E-state index contributed by atoms with van der Waals surface area (Å²) in [4.78, 5) is 12.9. The van der Waals surface area contributed by atoms with Crippen molar-refractivity contribution in [1.82, 2.24) is 10.2 Å². The fourth-order valence-electron chi connectivity index (χ4n) is 2.01. The molecule has 0 saturated carbocycles. The highest BCUT2D eigenvalue weighted by atomic mass is 19.4. The quantitative estimate of drug-likeness (QED) is 0.827. The molecule has 1 N–H and O–H groups in total. The van der Waals surface area contributed by atoms with Gasteiger partial charge in [0, 0.05) is 20.0 Å². The van der Waals surface area contributed by atoms with E-state index in [9.17, 15) is 18.0 Å². The summed E-state index contributed by atoms with van der Waals surface area (Å²) in [6, 6.07) is 0. The first-order chi connectivity index (χ1) is 7.88. The topological polar surface area (TPSA) is 32.3 Å². The Hall–Kier alpha value is -0.780. The molecule has 1 fully saturated rings. The minimum atomic E-state index is -4.25. The van der Waals surface area contributed by atoms with E-state index in [-0.39, 0.29) is 0 Å². The van der Waals surface area contributed by atoms with E-state index < -0.39 is 24.9 Å². The molecule has 1 heterocycles. The van der Waals surface area contributed by atoms with Crippen LogP contribution < -0.4 is 5.32 Å². The summed E-state index contributed by atoms with van der Waals surface area (Å²) in [6.45, 7) is 2.38. The highest BCUT2D eigenvalue weighted by Crippen LogP contribution is 2.22. The van der Waals surface area contributed by atoms with Gasteiger partial charge < -0.3 is 10.2 Å². The van der Waals surface area contributed by atoms with Gasteiger partial charge in [-0.25, -0.2) is 0 Å². The largest absolute Gasteiger partial charge is 0.389 e. The summed E-state index contributed by atoms with van der Waals surface area (Å²) in [7, 11) is 1.58. The van der Waals surface area contributed by atoms with Crippen LogP contribution in [0.25, 0.3) is 0 Å². The number of amides is 1.